The summed E-state index contributed by atoms with van der Waals surface area (Å²) in [6.45, 7) is 2.52. The zero-order valence-corrected chi connectivity index (χ0v) is 9.32. The van der Waals surface area contributed by atoms with Gasteiger partial charge in [-0.2, -0.15) is 13.2 Å². The molecule has 0 aliphatic heterocycles. The second-order valence-corrected chi connectivity index (χ2v) is 4.34. The number of phenols is 1. The van der Waals surface area contributed by atoms with Crippen molar-refractivity contribution in [3.8, 4) is 5.75 Å². The predicted octanol–water partition coefficient (Wildman–Crippen LogP) is 3.29. The highest BCUT2D eigenvalue weighted by atomic mass is 35.5. The lowest BCUT2D eigenvalue weighted by Crippen LogP contribution is -2.18. The van der Waals surface area contributed by atoms with Crippen LogP contribution in [0.25, 0.3) is 0 Å². The summed E-state index contributed by atoms with van der Waals surface area (Å²) < 4.78 is 37.5. The van der Waals surface area contributed by atoms with Crippen molar-refractivity contribution in [2.24, 2.45) is 0 Å². The zero-order valence-electron chi connectivity index (χ0n) is 8.56. The van der Waals surface area contributed by atoms with Crippen LogP contribution in [0.1, 0.15) is 25.0 Å². The number of phenolic OH excluding ortho intramolecular Hbond substituents is 1. The summed E-state index contributed by atoms with van der Waals surface area (Å²) in [5.74, 6) is -0.996. The summed E-state index contributed by atoms with van der Waals surface area (Å²) in [6, 6.07) is 1.72. The quantitative estimate of drug-likeness (QED) is 0.807. The van der Waals surface area contributed by atoms with E-state index in [4.69, 9.17) is 11.6 Å². The molecule has 2 nitrogen and oxygen atoms in total. The van der Waals surface area contributed by atoms with Gasteiger partial charge in [0, 0.05) is 10.6 Å². The van der Waals surface area contributed by atoms with Crippen LogP contribution >= 0.6 is 11.6 Å². The topological polar surface area (TPSA) is 40.5 Å². The van der Waals surface area contributed by atoms with Gasteiger partial charge in [-0.25, -0.2) is 0 Å². The van der Waals surface area contributed by atoms with E-state index >= 15 is 0 Å². The molecule has 2 N–H and O–H groups in total. The Morgan fingerprint density at radius 3 is 1.94 bits per heavy atom. The van der Waals surface area contributed by atoms with Crippen molar-refractivity contribution in [3.05, 3.63) is 28.3 Å². The third-order valence-electron chi connectivity index (χ3n) is 2.04. The average molecular weight is 255 g/mol. The molecule has 0 aliphatic rings. The first-order chi connectivity index (χ1) is 7.03. The number of benzene rings is 1. The summed E-state index contributed by atoms with van der Waals surface area (Å²) in [6.07, 6.45) is -4.71. The van der Waals surface area contributed by atoms with Gasteiger partial charge in [-0.15, -0.1) is 0 Å². The molecule has 0 aromatic heterocycles. The van der Waals surface area contributed by atoms with E-state index in [9.17, 15) is 23.4 Å². The summed E-state index contributed by atoms with van der Waals surface area (Å²) >= 11 is 5.51. The van der Waals surface area contributed by atoms with Crippen LogP contribution in [0.4, 0.5) is 13.2 Å². The van der Waals surface area contributed by atoms with Crippen molar-refractivity contribution in [2.45, 2.75) is 25.6 Å². The second-order valence-electron chi connectivity index (χ2n) is 3.91. The van der Waals surface area contributed by atoms with E-state index in [0.717, 1.165) is 6.07 Å². The molecule has 6 heteroatoms. The third kappa shape index (κ3) is 2.59. The van der Waals surface area contributed by atoms with Gasteiger partial charge in [0.05, 0.1) is 11.2 Å². The maximum Gasteiger partial charge on any atom is 0.420 e. The molecule has 1 rings (SSSR count). The van der Waals surface area contributed by atoms with E-state index in [2.05, 4.69) is 0 Å². The molecule has 16 heavy (non-hydrogen) atoms. The molecule has 0 aliphatic carbocycles. The molecule has 0 heterocycles. The summed E-state index contributed by atoms with van der Waals surface area (Å²) in [7, 11) is 0. The largest absolute Gasteiger partial charge is 0.507 e. The van der Waals surface area contributed by atoms with Crippen LogP contribution < -0.4 is 0 Å². The monoisotopic (exact) mass is 254 g/mol. The number of rotatable bonds is 1. The highest BCUT2D eigenvalue weighted by Crippen LogP contribution is 2.42. The van der Waals surface area contributed by atoms with E-state index in [-0.39, 0.29) is 10.6 Å². The molecule has 0 radical (unpaired) electrons. The van der Waals surface area contributed by atoms with Crippen molar-refractivity contribution in [3.63, 3.8) is 0 Å². The minimum absolute atomic E-state index is 0.192. The van der Waals surface area contributed by atoms with Crippen LogP contribution in [0.5, 0.6) is 5.75 Å². The number of aromatic hydroxyl groups is 1. The second kappa shape index (κ2) is 3.82. The van der Waals surface area contributed by atoms with Crippen LogP contribution in [-0.4, -0.2) is 10.2 Å². The van der Waals surface area contributed by atoms with Gasteiger partial charge in [0.1, 0.15) is 5.75 Å². The van der Waals surface area contributed by atoms with Gasteiger partial charge in [-0.3, -0.25) is 0 Å². The van der Waals surface area contributed by atoms with Crippen LogP contribution in [0.15, 0.2) is 12.1 Å². The Morgan fingerprint density at radius 2 is 1.56 bits per heavy atom. The number of hydrogen-bond donors (Lipinski definition) is 2. The Hall–Kier alpha value is -0.940. The molecule has 0 saturated heterocycles. The molecule has 90 valence electrons. The van der Waals surface area contributed by atoms with E-state index in [1.165, 1.54) is 13.8 Å². The van der Waals surface area contributed by atoms with Crippen molar-refractivity contribution in [1.29, 1.82) is 0 Å². The molecule has 0 unspecified atom stereocenters. The minimum atomic E-state index is -4.71. The third-order valence-corrected chi connectivity index (χ3v) is 2.26. The number of aliphatic hydroxyl groups is 1. The van der Waals surface area contributed by atoms with Gasteiger partial charge in [0.15, 0.2) is 0 Å². The van der Waals surface area contributed by atoms with Gasteiger partial charge >= 0.3 is 6.18 Å². The minimum Gasteiger partial charge on any atom is -0.507 e. The molecule has 1 aromatic rings. The Bertz CT molecular complexity index is 373. The SMILES string of the molecule is CC(C)(O)c1cc(Cl)cc(C(F)(F)F)c1O. The van der Waals surface area contributed by atoms with Gasteiger partial charge in [0.25, 0.3) is 0 Å². The molecule has 0 fully saturated rings. The lowest BCUT2D eigenvalue weighted by Gasteiger charge is -2.22. The maximum absolute atomic E-state index is 12.5. The highest BCUT2D eigenvalue weighted by molar-refractivity contribution is 6.30. The molecule has 0 atom stereocenters. The Morgan fingerprint density at radius 1 is 1.12 bits per heavy atom. The van der Waals surface area contributed by atoms with Gasteiger partial charge in [0.2, 0.25) is 0 Å². The molecular formula is C10H10ClF3O2. The Labute approximate surface area is 95.3 Å². The lowest BCUT2D eigenvalue weighted by atomic mass is 9.95. The molecule has 0 saturated carbocycles. The van der Waals surface area contributed by atoms with Crippen molar-refractivity contribution >= 4 is 11.6 Å². The van der Waals surface area contributed by atoms with Crippen LogP contribution in [0.2, 0.25) is 5.02 Å². The number of halogens is 4. The van der Waals surface area contributed by atoms with Gasteiger partial charge < -0.3 is 10.2 Å². The van der Waals surface area contributed by atoms with E-state index in [1.807, 2.05) is 0 Å². The van der Waals surface area contributed by atoms with E-state index in [0.29, 0.717) is 6.07 Å². The molecule has 0 bridgehead atoms. The zero-order chi connectivity index (χ0) is 12.7. The predicted molar refractivity (Wildman–Crippen MR) is 53.4 cm³/mol. The van der Waals surface area contributed by atoms with Crippen LogP contribution in [0, 0.1) is 0 Å². The van der Waals surface area contributed by atoms with E-state index < -0.39 is 23.1 Å². The first kappa shape index (κ1) is 13.1. The average Bonchev–Trinajstić information content (AvgIpc) is 2.04. The van der Waals surface area contributed by atoms with Gasteiger partial charge in [-0.1, -0.05) is 11.6 Å². The Kier molecular flexibility index (Phi) is 3.13. The normalized spacial score (nSPS) is 12.9. The summed E-state index contributed by atoms with van der Waals surface area (Å²) in [5, 5.41) is 18.9. The smallest absolute Gasteiger partial charge is 0.420 e. The fourth-order valence-corrected chi connectivity index (χ4v) is 1.50. The fourth-order valence-electron chi connectivity index (χ4n) is 1.28. The van der Waals surface area contributed by atoms with Crippen LogP contribution in [0.3, 0.4) is 0 Å². The van der Waals surface area contributed by atoms with Gasteiger partial charge in [-0.05, 0) is 26.0 Å². The van der Waals surface area contributed by atoms with Crippen LogP contribution in [-0.2, 0) is 11.8 Å². The lowest BCUT2D eigenvalue weighted by molar-refractivity contribution is -0.139. The molecular weight excluding hydrogens is 245 g/mol. The van der Waals surface area contributed by atoms with E-state index in [1.54, 1.807) is 0 Å². The maximum atomic E-state index is 12.5. The van der Waals surface area contributed by atoms with Crippen molar-refractivity contribution in [2.75, 3.05) is 0 Å². The number of hydrogen-bond acceptors (Lipinski definition) is 2. The number of alkyl halides is 3. The first-order valence-corrected chi connectivity index (χ1v) is 4.74. The Balaban J connectivity index is 3.51. The molecule has 0 spiro atoms. The molecule has 0 amide bonds. The first-order valence-electron chi connectivity index (χ1n) is 4.36. The highest BCUT2D eigenvalue weighted by Gasteiger charge is 2.37. The van der Waals surface area contributed by atoms with Crippen molar-refractivity contribution in [1.82, 2.24) is 0 Å². The summed E-state index contributed by atoms with van der Waals surface area (Å²) in [4.78, 5) is 0. The molecule has 1 aromatic carbocycles. The fraction of sp³-hybridized carbons (Fsp3) is 0.400. The van der Waals surface area contributed by atoms with Crippen molar-refractivity contribution < 1.29 is 23.4 Å². The summed E-state index contributed by atoms with van der Waals surface area (Å²) in [5.41, 5.74) is -3.11. The standard InChI is InChI=1S/C10H10ClF3O2/c1-9(2,16)6-3-5(11)4-7(8(6)15)10(12,13)14/h3-4,15-16H,1-2H3.